The van der Waals surface area contributed by atoms with Crippen molar-refractivity contribution in [3.63, 3.8) is 0 Å². The Morgan fingerprint density at radius 1 is 1.40 bits per heavy atom. The molecule has 5 heteroatoms. The Morgan fingerprint density at radius 3 is 2.85 bits per heavy atom. The zero-order valence-corrected chi connectivity index (χ0v) is 13.9. The number of ether oxygens (including phenoxy) is 1. The van der Waals surface area contributed by atoms with Crippen LogP contribution in [0.15, 0.2) is 40.9 Å². The summed E-state index contributed by atoms with van der Waals surface area (Å²) >= 11 is 10.5. The Kier molecular flexibility index (Phi) is 5.40. The number of hydrogen-bond donors (Lipinski definition) is 0. The third-order valence-electron chi connectivity index (χ3n) is 2.50. The average Bonchev–Trinajstić information content (AvgIpc) is 2.85. The average molecular weight is 372 g/mol. The molecule has 0 aliphatic heterocycles. The Labute approximate surface area is 135 Å². The summed E-state index contributed by atoms with van der Waals surface area (Å²) in [4.78, 5) is 12.6. The minimum Gasteiger partial charge on any atom is -0.493 e. The van der Waals surface area contributed by atoms with Crippen LogP contribution in [0.2, 0.25) is 4.34 Å². The van der Waals surface area contributed by atoms with Gasteiger partial charge in [0.1, 0.15) is 5.75 Å². The van der Waals surface area contributed by atoms with Crippen LogP contribution in [-0.4, -0.2) is 12.4 Å². The van der Waals surface area contributed by atoms with E-state index < -0.39 is 0 Å². The molecule has 2 rings (SSSR count). The summed E-state index contributed by atoms with van der Waals surface area (Å²) in [7, 11) is 0. The molecule has 0 atom stereocenters. The van der Waals surface area contributed by atoms with Crippen molar-refractivity contribution in [2.45, 2.75) is 6.92 Å². The lowest BCUT2D eigenvalue weighted by atomic mass is 10.1. The molecule has 0 N–H and O–H groups in total. The van der Waals surface area contributed by atoms with E-state index in [1.807, 2.05) is 25.1 Å². The SMILES string of the molecule is CCOc1ccc(Br)cc1/C=C/C(=O)c1ccc(Cl)s1. The van der Waals surface area contributed by atoms with Crippen LogP contribution in [0.5, 0.6) is 5.75 Å². The van der Waals surface area contributed by atoms with Crippen molar-refractivity contribution in [3.05, 3.63) is 55.7 Å². The fourth-order valence-electron chi connectivity index (χ4n) is 1.63. The van der Waals surface area contributed by atoms with Gasteiger partial charge >= 0.3 is 0 Å². The number of halogens is 2. The van der Waals surface area contributed by atoms with E-state index >= 15 is 0 Å². The van der Waals surface area contributed by atoms with Crippen LogP contribution in [0, 0.1) is 0 Å². The maximum absolute atomic E-state index is 12.0. The largest absolute Gasteiger partial charge is 0.493 e. The molecular weight excluding hydrogens is 360 g/mol. The zero-order chi connectivity index (χ0) is 14.5. The monoisotopic (exact) mass is 370 g/mol. The summed E-state index contributed by atoms with van der Waals surface area (Å²) in [5, 5.41) is 0. The molecule has 0 aliphatic carbocycles. The minimum absolute atomic E-state index is 0.0654. The second-order valence-electron chi connectivity index (χ2n) is 3.92. The number of ketones is 1. The molecule has 0 saturated carbocycles. The second kappa shape index (κ2) is 7.07. The number of carbonyl (C=O) groups excluding carboxylic acids is 1. The van der Waals surface area contributed by atoms with Gasteiger partial charge < -0.3 is 4.74 Å². The lowest BCUT2D eigenvalue weighted by Gasteiger charge is -2.07. The highest BCUT2D eigenvalue weighted by atomic mass is 79.9. The van der Waals surface area contributed by atoms with Crippen LogP contribution in [0.3, 0.4) is 0 Å². The molecule has 2 aromatic rings. The first-order valence-corrected chi connectivity index (χ1v) is 7.99. The van der Waals surface area contributed by atoms with Crippen molar-refractivity contribution in [3.8, 4) is 5.75 Å². The maximum Gasteiger partial charge on any atom is 0.195 e. The third kappa shape index (κ3) is 3.95. The van der Waals surface area contributed by atoms with Gasteiger partial charge in [-0.3, -0.25) is 4.79 Å². The molecule has 0 unspecified atom stereocenters. The minimum atomic E-state index is -0.0654. The quantitative estimate of drug-likeness (QED) is 0.515. The molecule has 0 saturated heterocycles. The van der Waals surface area contributed by atoms with E-state index in [2.05, 4.69) is 15.9 Å². The van der Waals surface area contributed by atoms with Crippen molar-refractivity contribution < 1.29 is 9.53 Å². The number of carbonyl (C=O) groups is 1. The van der Waals surface area contributed by atoms with E-state index in [1.165, 1.54) is 17.4 Å². The molecule has 1 aromatic heterocycles. The molecule has 0 aliphatic rings. The van der Waals surface area contributed by atoms with Gasteiger partial charge in [0.05, 0.1) is 15.8 Å². The van der Waals surface area contributed by atoms with Gasteiger partial charge in [0.25, 0.3) is 0 Å². The van der Waals surface area contributed by atoms with Crippen LogP contribution >= 0.6 is 38.9 Å². The second-order valence-corrected chi connectivity index (χ2v) is 6.55. The van der Waals surface area contributed by atoms with Gasteiger partial charge in [0.15, 0.2) is 5.78 Å². The van der Waals surface area contributed by atoms with Crippen molar-refractivity contribution in [2.24, 2.45) is 0 Å². The lowest BCUT2D eigenvalue weighted by molar-refractivity contribution is 0.105. The van der Waals surface area contributed by atoms with Gasteiger partial charge in [-0.15, -0.1) is 11.3 Å². The number of rotatable bonds is 5. The summed E-state index contributed by atoms with van der Waals surface area (Å²) in [5.41, 5.74) is 0.859. The third-order valence-corrected chi connectivity index (χ3v) is 4.24. The van der Waals surface area contributed by atoms with E-state index in [1.54, 1.807) is 18.2 Å². The Balaban J connectivity index is 2.22. The first kappa shape index (κ1) is 15.3. The van der Waals surface area contributed by atoms with Gasteiger partial charge in [-0.05, 0) is 49.4 Å². The molecule has 0 spiro atoms. The molecule has 0 radical (unpaired) electrons. The van der Waals surface area contributed by atoms with Gasteiger partial charge in [-0.25, -0.2) is 0 Å². The standard InChI is InChI=1S/C15H12BrClO2S/c1-2-19-13-6-4-11(16)9-10(13)3-5-12(18)14-7-8-15(17)20-14/h3-9H,2H2,1H3/b5-3+. The van der Waals surface area contributed by atoms with Crippen molar-refractivity contribution >= 4 is 50.7 Å². The number of allylic oxidation sites excluding steroid dienone is 1. The van der Waals surface area contributed by atoms with E-state index in [4.69, 9.17) is 16.3 Å². The van der Waals surface area contributed by atoms with Crippen LogP contribution < -0.4 is 4.74 Å². The highest BCUT2D eigenvalue weighted by Crippen LogP contribution is 2.26. The molecule has 1 aromatic carbocycles. The fraction of sp³-hybridized carbons (Fsp3) is 0.133. The Bertz CT molecular complexity index is 649. The van der Waals surface area contributed by atoms with Gasteiger partial charge in [0, 0.05) is 10.0 Å². The molecule has 0 bridgehead atoms. The van der Waals surface area contributed by atoms with Crippen molar-refractivity contribution in [1.82, 2.24) is 0 Å². The van der Waals surface area contributed by atoms with Crippen LogP contribution in [0.4, 0.5) is 0 Å². The summed E-state index contributed by atoms with van der Waals surface area (Å²) in [6.07, 6.45) is 3.29. The normalized spacial score (nSPS) is 10.9. The predicted octanol–water partition coefficient (Wildman–Crippen LogP) is 5.46. The zero-order valence-electron chi connectivity index (χ0n) is 10.7. The summed E-state index contributed by atoms with van der Waals surface area (Å²) < 4.78 is 7.08. The highest BCUT2D eigenvalue weighted by Gasteiger charge is 2.06. The van der Waals surface area contributed by atoms with E-state index in [0.29, 0.717) is 15.8 Å². The molecule has 0 amide bonds. The summed E-state index contributed by atoms with van der Waals surface area (Å²) in [6.45, 7) is 2.51. The molecule has 20 heavy (non-hydrogen) atoms. The van der Waals surface area contributed by atoms with Crippen LogP contribution in [0.25, 0.3) is 6.08 Å². The Morgan fingerprint density at radius 2 is 2.20 bits per heavy atom. The van der Waals surface area contributed by atoms with Crippen LogP contribution in [0.1, 0.15) is 22.2 Å². The van der Waals surface area contributed by atoms with Crippen LogP contribution in [-0.2, 0) is 0 Å². The number of hydrogen-bond acceptors (Lipinski definition) is 3. The molecule has 1 heterocycles. The first-order chi connectivity index (χ1) is 9.60. The molecule has 2 nitrogen and oxygen atoms in total. The Hall–Kier alpha value is -1.10. The van der Waals surface area contributed by atoms with Crippen molar-refractivity contribution in [1.29, 1.82) is 0 Å². The smallest absolute Gasteiger partial charge is 0.195 e. The summed E-state index contributed by atoms with van der Waals surface area (Å²) in [6, 6.07) is 9.14. The summed E-state index contributed by atoms with van der Waals surface area (Å²) in [5.74, 6) is 0.688. The lowest BCUT2D eigenvalue weighted by Crippen LogP contribution is -1.94. The molecule has 0 fully saturated rings. The molecule has 104 valence electrons. The maximum atomic E-state index is 12.0. The fourth-order valence-corrected chi connectivity index (χ4v) is 2.97. The number of thiophene rings is 1. The highest BCUT2D eigenvalue weighted by molar-refractivity contribution is 9.10. The topological polar surface area (TPSA) is 26.3 Å². The van der Waals surface area contributed by atoms with E-state index in [-0.39, 0.29) is 5.78 Å². The van der Waals surface area contributed by atoms with Gasteiger partial charge in [-0.2, -0.15) is 0 Å². The number of benzene rings is 1. The van der Waals surface area contributed by atoms with Gasteiger partial charge in [0.2, 0.25) is 0 Å². The van der Waals surface area contributed by atoms with Gasteiger partial charge in [-0.1, -0.05) is 27.5 Å². The first-order valence-electron chi connectivity index (χ1n) is 6.00. The van der Waals surface area contributed by atoms with E-state index in [0.717, 1.165) is 15.8 Å². The predicted molar refractivity (Wildman–Crippen MR) is 88.0 cm³/mol. The van der Waals surface area contributed by atoms with E-state index in [9.17, 15) is 4.79 Å². The van der Waals surface area contributed by atoms with Crippen molar-refractivity contribution in [2.75, 3.05) is 6.61 Å². The molecular formula is C15H12BrClO2S.